The van der Waals surface area contributed by atoms with Crippen LogP contribution in [0.1, 0.15) is 109 Å². The first-order valence-electron chi connectivity index (χ1n) is 18.4. The Kier molecular flexibility index (Phi) is 10.7. The van der Waals surface area contributed by atoms with Crippen LogP contribution >= 0.6 is 24.8 Å². The minimum atomic E-state index is -3.80. The van der Waals surface area contributed by atoms with E-state index in [-0.39, 0.29) is 30.2 Å². The maximum absolute atomic E-state index is 6.40. The second-order valence-corrected chi connectivity index (χ2v) is 48.6. The van der Waals surface area contributed by atoms with E-state index in [1.54, 1.807) is 27.8 Å². The van der Waals surface area contributed by atoms with Crippen molar-refractivity contribution in [2.45, 2.75) is 104 Å². The van der Waals surface area contributed by atoms with Gasteiger partial charge in [-0.2, -0.15) is 0 Å². The molecule has 0 heterocycles. The topological polar surface area (TPSA) is 9.23 Å². The average Bonchev–Trinajstić information content (AvgIpc) is 3.67. The molecule has 0 spiro atoms. The Morgan fingerprint density at radius 3 is 1.57 bits per heavy atom. The molecule has 270 valence electrons. The SMILES string of the molecule is COc1c(C(C)(C)C)cc2c(c1-c1cc(C)cc(C)c1)C=C(C)[CH]2[Zr]([CH3])([CH3])(=[SiH2])[CH]1C(C)=Cc2c1cc1c(c2-c2cc(C)cc(C)c2)CCC1.Cl.Cl. The molecule has 4 aromatic rings. The summed E-state index contributed by atoms with van der Waals surface area (Å²) in [5, 5.41) is 0. The van der Waals surface area contributed by atoms with Crippen molar-refractivity contribution in [1.82, 2.24) is 0 Å². The van der Waals surface area contributed by atoms with Crippen LogP contribution in [0.4, 0.5) is 0 Å². The van der Waals surface area contributed by atoms with Crippen LogP contribution in [0.2, 0.25) is 9.26 Å². The van der Waals surface area contributed by atoms with Crippen LogP contribution in [0.3, 0.4) is 0 Å². The zero-order chi connectivity index (χ0) is 35.4. The molecule has 0 bridgehead atoms. The maximum atomic E-state index is 6.40. The molecule has 4 aromatic carbocycles. The summed E-state index contributed by atoms with van der Waals surface area (Å²) < 4.78 is 12.9. The Labute approximate surface area is 323 Å². The van der Waals surface area contributed by atoms with Crippen molar-refractivity contribution in [3.63, 3.8) is 0 Å². The van der Waals surface area contributed by atoms with Crippen molar-refractivity contribution in [2.24, 2.45) is 0 Å². The molecule has 2 unspecified atom stereocenters. The number of hydrogen-bond donors (Lipinski definition) is 0. The van der Waals surface area contributed by atoms with E-state index >= 15 is 0 Å². The molecule has 0 aliphatic heterocycles. The van der Waals surface area contributed by atoms with Crippen LogP contribution in [0.5, 0.6) is 5.75 Å². The first-order chi connectivity index (χ1) is 22.9. The van der Waals surface area contributed by atoms with Gasteiger partial charge in [0, 0.05) is 0 Å². The number of methoxy groups -OCH3 is 1. The van der Waals surface area contributed by atoms with Gasteiger partial charge in [0.1, 0.15) is 0 Å². The largest absolute Gasteiger partial charge is 0.147 e. The van der Waals surface area contributed by atoms with Gasteiger partial charge >= 0.3 is 301 Å². The van der Waals surface area contributed by atoms with Gasteiger partial charge in [0.2, 0.25) is 0 Å². The fourth-order valence-electron chi connectivity index (χ4n) is 10.7. The first kappa shape index (κ1) is 40.0. The van der Waals surface area contributed by atoms with E-state index in [0.717, 1.165) is 5.75 Å². The van der Waals surface area contributed by atoms with Gasteiger partial charge in [-0.05, 0) is 0 Å². The number of fused-ring (bicyclic) bond motifs is 3. The van der Waals surface area contributed by atoms with Crippen LogP contribution in [-0.2, 0) is 35.7 Å². The minimum Gasteiger partial charge on any atom is -0.147 e. The summed E-state index contributed by atoms with van der Waals surface area (Å²) in [5.41, 5.74) is 24.5. The molecular weight excluding hydrogens is 759 g/mol. The predicted octanol–water partition coefficient (Wildman–Crippen LogP) is 12.8. The average molecular weight is 817 g/mol. The number of benzene rings is 4. The minimum absolute atomic E-state index is 0. The third kappa shape index (κ3) is 6.55. The monoisotopic (exact) mass is 814 g/mol. The maximum Gasteiger partial charge on any atom is -0.147 e. The standard InChI is InChI=1S/C23H27O.C21H21.2CH3.2ClH.H2Si.Zr/c1-14-8-15(2)11-18(10-14)21-19-12-16(3)9-17(19)13-20(22(21)24-7)23(4,5)6;1-13-7-14(2)10-18(9-13)21-19-6-4-5-16(19)12-17-8-15(3)11-20(17)21;;;;;;/h8-13H,1-7H3;7-12H,4-6H2,1-3H3;2*1H3;2*1H;1H2;. The molecule has 0 aromatic heterocycles. The van der Waals surface area contributed by atoms with Crippen molar-refractivity contribution < 1.29 is 22.1 Å². The van der Waals surface area contributed by atoms with Crippen molar-refractivity contribution in [1.29, 1.82) is 0 Å². The summed E-state index contributed by atoms with van der Waals surface area (Å²) in [5.74, 6) is 1.04. The molecule has 2 atom stereocenters. The molecule has 0 fully saturated rings. The van der Waals surface area contributed by atoms with Crippen molar-refractivity contribution in [3.8, 4) is 28.0 Å². The zero-order valence-electron chi connectivity index (χ0n) is 33.0. The van der Waals surface area contributed by atoms with Gasteiger partial charge in [0.05, 0.1) is 0 Å². The van der Waals surface area contributed by atoms with E-state index in [2.05, 4.69) is 139 Å². The molecule has 1 nitrogen and oxygen atoms in total. The molecule has 51 heavy (non-hydrogen) atoms. The quantitative estimate of drug-likeness (QED) is 0.182. The van der Waals surface area contributed by atoms with Crippen LogP contribution in [0.15, 0.2) is 59.7 Å². The van der Waals surface area contributed by atoms with Crippen LogP contribution < -0.4 is 4.74 Å². The Hall–Kier alpha value is -2.16. The first-order valence-corrected chi connectivity index (χ1v) is 32.1. The molecule has 0 saturated heterocycles. The Morgan fingerprint density at radius 2 is 1.10 bits per heavy atom. The molecule has 0 amide bonds. The molecule has 5 heteroatoms. The number of halogens is 2. The van der Waals surface area contributed by atoms with Crippen molar-refractivity contribution in [2.75, 3.05) is 7.11 Å². The van der Waals surface area contributed by atoms with Gasteiger partial charge in [-0.25, -0.2) is 0 Å². The van der Waals surface area contributed by atoms with E-state index in [0.29, 0.717) is 7.25 Å². The molecular formula is C46H58Cl2OSiZr. The predicted molar refractivity (Wildman–Crippen MR) is 228 cm³/mol. The summed E-state index contributed by atoms with van der Waals surface area (Å²) in [6, 6.07) is 19.5. The summed E-state index contributed by atoms with van der Waals surface area (Å²) in [6.45, 7) is 23.4. The second-order valence-electron chi connectivity index (χ2n) is 18.2. The summed E-state index contributed by atoms with van der Waals surface area (Å²) >= 11 is -3.80. The molecule has 0 radical (unpaired) electrons. The van der Waals surface area contributed by atoms with Crippen molar-refractivity contribution >= 4 is 43.8 Å². The normalized spacial score (nSPS) is 17.9. The van der Waals surface area contributed by atoms with Crippen molar-refractivity contribution in [3.05, 3.63) is 121 Å². The molecule has 7 rings (SSSR count). The molecule has 3 aliphatic rings. The number of hydrogen-bond acceptors (Lipinski definition) is 1. The number of rotatable bonds is 5. The smallest absolute Gasteiger partial charge is 0.147 e. The third-order valence-electron chi connectivity index (χ3n) is 12.0. The van der Waals surface area contributed by atoms with Gasteiger partial charge in [0.25, 0.3) is 0 Å². The van der Waals surface area contributed by atoms with Gasteiger partial charge in [0.15, 0.2) is 0 Å². The van der Waals surface area contributed by atoms with Gasteiger partial charge in [-0.1, -0.05) is 0 Å². The van der Waals surface area contributed by atoms with E-state index in [1.165, 1.54) is 86.0 Å². The second kappa shape index (κ2) is 13.6. The van der Waals surface area contributed by atoms with E-state index < -0.39 is 17.4 Å². The van der Waals surface area contributed by atoms with E-state index in [1.807, 2.05) is 7.11 Å². The number of ether oxygens (including phenoxy) is 1. The van der Waals surface area contributed by atoms with Gasteiger partial charge in [-0.15, -0.1) is 24.8 Å². The molecule has 0 saturated carbocycles. The Balaban J connectivity index is 0.00000252. The van der Waals surface area contributed by atoms with Crippen LogP contribution in [0.25, 0.3) is 34.4 Å². The Bertz CT molecular complexity index is 2180. The van der Waals surface area contributed by atoms with Crippen LogP contribution in [0, 0.1) is 27.7 Å². The zero-order valence-corrected chi connectivity index (χ0v) is 38.5. The Morgan fingerprint density at radius 1 is 0.647 bits per heavy atom. The van der Waals surface area contributed by atoms with Crippen LogP contribution in [-0.4, -0.2) is 14.0 Å². The third-order valence-corrected chi connectivity index (χ3v) is 30.0. The summed E-state index contributed by atoms with van der Waals surface area (Å²) in [6.07, 6.45) is 8.83. The van der Waals surface area contributed by atoms with Gasteiger partial charge in [-0.3, -0.25) is 0 Å². The summed E-state index contributed by atoms with van der Waals surface area (Å²) in [4.78, 5) is 0. The summed E-state index contributed by atoms with van der Waals surface area (Å²) in [7, 11) is 1.87. The molecule has 3 aliphatic carbocycles. The van der Waals surface area contributed by atoms with E-state index in [9.17, 15) is 0 Å². The fourth-order valence-corrected chi connectivity index (χ4v) is 31.9. The van der Waals surface area contributed by atoms with Gasteiger partial charge < -0.3 is 0 Å². The number of aryl methyl sites for hydroxylation is 5. The molecule has 0 N–H and O–H groups in total. The van der Waals surface area contributed by atoms with E-state index in [4.69, 9.17) is 4.74 Å². The fraction of sp³-hybridized carbons (Fsp3) is 0.391. The number of allylic oxidation sites excluding steroid dienone is 2.